The van der Waals surface area contributed by atoms with Crippen LogP contribution in [0.25, 0.3) is 0 Å². The third-order valence-electron chi connectivity index (χ3n) is 5.94. The Kier molecular flexibility index (Phi) is 5.42. The summed E-state index contributed by atoms with van der Waals surface area (Å²) in [4.78, 5) is 25.3. The lowest BCUT2D eigenvalue weighted by atomic mass is 9.84. The van der Waals surface area contributed by atoms with Crippen LogP contribution in [-0.2, 0) is 9.59 Å². The van der Waals surface area contributed by atoms with E-state index >= 15 is 0 Å². The number of methoxy groups -OCH3 is 1. The van der Waals surface area contributed by atoms with Gasteiger partial charge in [-0.25, -0.2) is 0 Å². The van der Waals surface area contributed by atoms with Crippen LogP contribution < -0.4 is 4.74 Å². The molecule has 148 valence electrons. The van der Waals surface area contributed by atoms with Crippen molar-refractivity contribution in [3.63, 3.8) is 0 Å². The molecule has 2 aromatic rings. The molecule has 4 rings (SSSR count). The second kappa shape index (κ2) is 8.00. The Balaban J connectivity index is 1.76. The predicted octanol–water partition coefficient (Wildman–Crippen LogP) is 5.65. The largest absolute Gasteiger partial charge is 0.496 e. The summed E-state index contributed by atoms with van der Waals surface area (Å²) in [7, 11) is 1.65. The van der Waals surface area contributed by atoms with Crippen molar-refractivity contribution >= 4 is 23.2 Å². The van der Waals surface area contributed by atoms with Crippen LogP contribution >= 0.6 is 11.6 Å². The van der Waals surface area contributed by atoms with Gasteiger partial charge in [-0.1, -0.05) is 54.9 Å². The van der Waals surface area contributed by atoms with Crippen molar-refractivity contribution in [2.45, 2.75) is 31.6 Å². The van der Waals surface area contributed by atoms with Crippen LogP contribution in [0.2, 0.25) is 5.02 Å². The SMILES string of the molecule is COc1ccccc1C1CC(c2ccc(Cl)cc2)C=C1C(=O)C1=CC(=O)CC1C. The highest BCUT2D eigenvalue weighted by Crippen LogP contribution is 2.47. The topological polar surface area (TPSA) is 43.4 Å². The molecule has 29 heavy (non-hydrogen) atoms. The Labute approximate surface area is 176 Å². The van der Waals surface area contributed by atoms with Crippen LogP contribution in [-0.4, -0.2) is 18.7 Å². The van der Waals surface area contributed by atoms with Gasteiger partial charge in [0, 0.05) is 40.0 Å². The summed E-state index contributed by atoms with van der Waals surface area (Å²) < 4.78 is 5.58. The van der Waals surface area contributed by atoms with E-state index in [4.69, 9.17) is 16.3 Å². The molecular formula is C25H23ClO3. The smallest absolute Gasteiger partial charge is 0.185 e. The first-order valence-corrected chi connectivity index (χ1v) is 10.2. The van der Waals surface area contributed by atoms with E-state index in [1.165, 1.54) is 6.08 Å². The molecule has 3 atom stereocenters. The van der Waals surface area contributed by atoms with Gasteiger partial charge in [-0.3, -0.25) is 9.59 Å². The summed E-state index contributed by atoms with van der Waals surface area (Å²) in [6.07, 6.45) is 4.79. The molecule has 3 unspecified atom stereocenters. The number of carbonyl (C=O) groups is 2. The Bertz CT molecular complexity index is 1020. The zero-order valence-electron chi connectivity index (χ0n) is 16.5. The fourth-order valence-electron chi connectivity index (χ4n) is 4.45. The fraction of sp³-hybridized carbons (Fsp3) is 0.280. The molecule has 2 aliphatic rings. The number of Topliss-reactive ketones (excluding diaryl/α,β-unsaturated/α-hetero) is 1. The zero-order valence-corrected chi connectivity index (χ0v) is 17.3. The normalized spacial score (nSPS) is 23.7. The molecule has 4 heteroatoms. The summed E-state index contributed by atoms with van der Waals surface area (Å²) >= 11 is 6.05. The highest BCUT2D eigenvalue weighted by Gasteiger charge is 2.37. The molecule has 0 N–H and O–H groups in total. The molecule has 0 saturated carbocycles. The number of ether oxygens (including phenoxy) is 1. The van der Waals surface area contributed by atoms with E-state index in [0.717, 1.165) is 28.9 Å². The average Bonchev–Trinajstić information content (AvgIpc) is 3.31. The quantitative estimate of drug-likeness (QED) is 0.644. The van der Waals surface area contributed by atoms with Crippen molar-refractivity contribution in [2.24, 2.45) is 5.92 Å². The number of benzene rings is 2. The second-order valence-corrected chi connectivity index (χ2v) is 8.25. The number of hydrogen-bond acceptors (Lipinski definition) is 3. The lowest BCUT2D eigenvalue weighted by Crippen LogP contribution is -2.14. The molecule has 2 aromatic carbocycles. The van der Waals surface area contributed by atoms with Crippen molar-refractivity contribution in [3.8, 4) is 5.75 Å². The van der Waals surface area contributed by atoms with Gasteiger partial charge < -0.3 is 4.74 Å². The van der Waals surface area contributed by atoms with Gasteiger partial charge in [-0.05, 0) is 42.2 Å². The predicted molar refractivity (Wildman–Crippen MR) is 115 cm³/mol. The minimum absolute atomic E-state index is 0.0179. The van der Waals surface area contributed by atoms with Crippen molar-refractivity contribution in [3.05, 3.63) is 88.0 Å². The maximum Gasteiger partial charge on any atom is 0.185 e. The van der Waals surface area contributed by atoms with Crippen molar-refractivity contribution < 1.29 is 14.3 Å². The maximum absolute atomic E-state index is 13.5. The van der Waals surface area contributed by atoms with Crippen molar-refractivity contribution in [1.29, 1.82) is 0 Å². The lowest BCUT2D eigenvalue weighted by molar-refractivity contribution is -0.114. The number of rotatable bonds is 5. The number of para-hydroxylation sites is 1. The Morgan fingerprint density at radius 3 is 2.45 bits per heavy atom. The monoisotopic (exact) mass is 406 g/mol. The maximum atomic E-state index is 13.5. The molecule has 0 amide bonds. The number of halogens is 1. The van der Waals surface area contributed by atoms with Gasteiger partial charge in [0.05, 0.1) is 7.11 Å². The van der Waals surface area contributed by atoms with Gasteiger partial charge in [0.15, 0.2) is 11.6 Å². The minimum Gasteiger partial charge on any atom is -0.496 e. The van der Waals surface area contributed by atoms with E-state index in [0.29, 0.717) is 17.0 Å². The fourth-order valence-corrected chi connectivity index (χ4v) is 4.58. The number of carbonyl (C=O) groups excluding carboxylic acids is 2. The standard InChI is InChI=1S/C25H23ClO3/c1-15-11-19(27)14-21(15)25(28)23-13-17(16-7-9-18(26)10-8-16)12-22(23)20-5-3-4-6-24(20)29-2/h3-10,13-15,17,22H,11-12H2,1-2H3. The molecule has 0 heterocycles. The highest BCUT2D eigenvalue weighted by molar-refractivity contribution is 6.30. The molecule has 0 aromatic heterocycles. The summed E-state index contributed by atoms with van der Waals surface area (Å²) in [6, 6.07) is 15.6. The number of hydrogen-bond donors (Lipinski definition) is 0. The van der Waals surface area contributed by atoms with Gasteiger partial charge in [0.25, 0.3) is 0 Å². The van der Waals surface area contributed by atoms with Gasteiger partial charge in [0.1, 0.15) is 5.75 Å². The summed E-state index contributed by atoms with van der Waals surface area (Å²) in [5.74, 6) is 0.775. The summed E-state index contributed by atoms with van der Waals surface area (Å²) in [5.41, 5.74) is 3.51. The first kappa shape index (κ1) is 19.7. The van der Waals surface area contributed by atoms with E-state index in [2.05, 4.69) is 6.08 Å². The van der Waals surface area contributed by atoms with E-state index in [1.54, 1.807) is 7.11 Å². The van der Waals surface area contributed by atoms with Crippen LogP contribution in [0.4, 0.5) is 0 Å². The van der Waals surface area contributed by atoms with Gasteiger partial charge in [-0.15, -0.1) is 0 Å². The average molecular weight is 407 g/mol. The molecule has 0 fully saturated rings. The van der Waals surface area contributed by atoms with Crippen LogP contribution in [0.1, 0.15) is 42.7 Å². The number of ketones is 2. The van der Waals surface area contributed by atoms with Crippen LogP contribution in [0.3, 0.4) is 0 Å². The molecule has 2 aliphatic carbocycles. The van der Waals surface area contributed by atoms with Crippen LogP contribution in [0.15, 0.2) is 71.8 Å². The molecular weight excluding hydrogens is 384 g/mol. The summed E-state index contributed by atoms with van der Waals surface area (Å²) in [6.45, 7) is 1.94. The third kappa shape index (κ3) is 3.79. The van der Waals surface area contributed by atoms with Gasteiger partial charge in [0.2, 0.25) is 0 Å². The number of allylic oxidation sites excluding steroid dienone is 4. The van der Waals surface area contributed by atoms with E-state index in [1.807, 2.05) is 55.5 Å². The van der Waals surface area contributed by atoms with Crippen molar-refractivity contribution in [1.82, 2.24) is 0 Å². The second-order valence-electron chi connectivity index (χ2n) is 7.81. The van der Waals surface area contributed by atoms with Gasteiger partial charge >= 0.3 is 0 Å². The Morgan fingerprint density at radius 2 is 1.79 bits per heavy atom. The Morgan fingerprint density at radius 1 is 1.07 bits per heavy atom. The summed E-state index contributed by atoms with van der Waals surface area (Å²) in [5, 5.41) is 0.691. The van der Waals surface area contributed by atoms with E-state index < -0.39 is 0 Å². The van der Waals surface area contributed by atoms with E-state index in [-0.39, 0.29) is 29.3 Å². The first-order chi connectivity index (χ1) is 14.0. The molecule has 0 spiro atoms. The molecule has 0 bridgehead atoms. The highest BCUT2D eigenvalue weighted by atomic mass is 35.5. The molecule has 0 saturated heterocycles. The molecule has 0 radical (unpaired) electrons. The van der Waals surface area contributed by atoms with Crippen LogP contribution in [0, 0.1) is 5.92 Å². The van der Waals surface area contributed by atoms with Crippen molar-refractivity contribution in [2.75, 3.05) is 7.11 Å². The van der Waals surface area contributed by atoms with E-state index in [9.17, 15) is 9.59 Å². The first-order valence-electron chi connectivity index (χ1n) is 9.87. The third-order valence-corrected chi connectivity index (χ3v) is 6.19. The van der Waals surface area contributed by atoms with Gasteiger partial charge in [-0.2, -0.15) is 0 Å². The Hall–Kier alpha value is -2.65. The molecule has 3 nitrogen and oxygen atoms in total. The lowest BCUT2D eigenvalue weighted by Gasteiger charge is -2.20. The minimum atomic E-state index is -0.0804. The van der Waals surface area contributed by atoms with Crippen LogP contribution in [0.5, 0.6) is 5.75 Å². The molecule has 0 aliphatic heterocycles. The zero-order chi connectivity index (χ0) is 20.5.